The van der Waals surface area contributed by atoms with Gasteiger partial charge in [-0.15, -0.1) is 0 Å². The minimum absolute atomic E-state index is 0.0276. The average Bonchev–Trinajstić information content (AvgIpc) is 2.94. The van der Waals surface area contributed by atoms with Crippen LogP contribution in [0.3, 0.4) is 0 Å². The zero-order chi connectivity index (χ0) is 18.0. The summed E-state index contributed by atoms with van der Waals surface area (Å²) >= 11 is 0. The molecule has 1 aromatic heterocycles. The summed E-state index contributed by atoms with van der Waals surface area (Å²) in [6.07, 6.45) is 0. The summed E-state index contributed by atoms with van der Waals surface area (Å²) in [5, 5.41) is 8.94. The van der Waals surface area contributed by atoms with E-state index in [0.717, 1.165) is 31.0 Å². The molecule has 25 heavy (non-hydrogen) atoms. The number of hydrogen-bond donors (Lipinski definition) is 1. The largest absolute Gasteiger partial charge is 0.478 e. The van der Waals surface area contributed by atoms with Gasteiger partial charge in [-0.3, -0.25) is 9.69 Å². The molecular formula is C19H22N2O4. The van der Waals surface area contributed by atoms with Gasteiger partial charge in [0.1, 0.15) is 11.5 Å². The molecule has 0 unspecified atom stereocenters. The first-order chi connectivity index (χ1) is 11.9. The molecule has 1 aliphatic heterocycles. The summed E-state index contributed by atoms with van der Waals surface area (Å²) in [6.45, 7) is 7.36. The van der Waals surface area contributed by atoms with Crippen LogP contribution in [-0.4, -0.2) is 53.0 Å². The Bertz CT molecular complexity index is 771. The molecule has 1 aromatic carbocycles. The Morgan fingerprint density at radius 2 is 1.72 bits per heavy atom. The van der Waals surface area contributed by atoms with E-state index in [4.69, 9.17) is 9.52 Å². The first kappa shape index (κ1) is 17.2. The molecule has 6 heteroatoms. The van der Waals surface area contributed by atoms with Crippen LogP contribution in [0.2, 0.25) is 0 Å². The van der Waals surface area contributed by atoms with Crippen LogP contribution < -0.4 is 0 Å². The van der Waals surface area contributed by atoms with Crippen molar-refractivity contribution in [1.29, 1.82) is 0 Å². The molecular weight excluding hydrogens is 320 g/mol. The molecule has 0 bridgehead atoms. The summed E-state index contributed by atoms with van der Waals surface area (Å²) in [6, 6.07) is 8.74. The number of amides is 1. The van der Waals surface area contributed by atoms with E-state index in [2.05, 4.69) is 4.90 Å². The predicted molar refractivity (Wildman–Crippen MR) is 92.8 cm³/mol. The minimum Gasteiger partial charge on any atom is -0.478 e. The van der Waals surface area contributed by atoms with Crippen molar-refractivity contribution < 1.29 is 19.1 Å². The minimum atomic E-state index is -0.913. The molecule has 1 saturated heterocycles. The van der Waals surface area contributed by atoms with Gasteiger partial charge in [0.15, 0.2) is 0 Å². The first-order valence-corrected chi connectivity index (χ1v) is 8.35. The van der Waals surface area contributed by atoms with Gasteiger partial charge >= 0.3 is 5.97 Å². The lowest BCUT2D eigenvalue weighted by Gasteiger charge is -2.34. The molecule has 1 N–H and O–H groups in total. The Labute approximate surface area is 146 Å². The second-order valence-electron chi connectivity index (χ2n) is 6.40. The lowest BCUT2D eigenvalue weighted by atomic mass is 10.1. The number of nitrogens with zero attached hydrogens (tertiary/aromatic N) is 2. The Morgan fingerprint density at radius 1 is 1.08 bits per heavy atom. The van der Waals surface area contributed by atoms with Crippen molar-refractivity contribution in [3.63, 3.8) is 0 Å². The van der Waals surface area contributed by atoms with Gasteiger partial charge in [0.05, 0.1) is 11.1 Å². The molecule has 132 valence electrons. The van der Waals surface area contributed by atoms with Crippen LogP contribution in [0.1, 0.15) is 37.8 Å². The third-order valence-electron chi connectivity index (χ3n) is 4.54. The normalized spacial score (nSPS) is 15.4. The van der Waals surface area contributed by atoms with Crippen molar-refractivity contribution >= 4 is 11.9 Å². The molecule has 3 rings (SSSR count). The zero-order valence-corrected chi connectivity index (χ0v) is 14.5. The summed E-state index contributed by atoms with van der Waals surface area (Å²) < 4.78 is 5.45. The molecule has 0 spiro atoms. The number of aromatic carboxylic acids is 1. The zero-order valence-electron chi connectivity index (χ0n) is 14.5. The van der Waals surface area contributed by atoms with Crippen LogP contribution in [0.15, 0.2) is 34.7 Å². The van der Waals surface area contributed by atoms with Gasteiger partial charge in [-0.25, -0.2) is 4.79 Å². The number of aryl methyl sites for hydroxylation is 2. The number of furan rings is 1. The average molecular weight is 342 g/mol. The van der Waals surface area contributed by atoms with E-state index >= 15 is 0 Å². The van der Waals surface area contributed by atoms with Gasteiger partial charge < -0.3 is 14.4 Å². The molecule has 1 fully saturated rings. The predicted octanol–water partition coefficient (Wildman–Crippen LogP) is 2.55. The van der Waals surface area contributed by atoms with E-state index in [9.17, 15) is 9.59 Å². The summed E-state index contributed by atoms with van der Waals surface area (Å²) in [5.74, 6) is 0.538. The Morgan fingerprint density at radius 3 is 2.24 bits per heavy atom. The molecule has 2 aromatic rings. The molecule has 6 nitrogen and oxygen atoms in total. The standard InChI is InChI=1S/C19H22N2O4/c1-13-11-17(14(2)25-13)18(22)21-9-7-20(8-10-21)12-15-3-5-16(6-4-15)19(23)24/h3-6,11H,7-10,12H2,1-2H3,(H,23,24). The number of piperazine rings is 1. The molecule has 0 radical (unpaired) electrons. The van der Waals surface area contributed by atoms with Crippen LogP contribution in [0, 0.1) is 13.8 Å². The van der Waals surface area contributed by atoms with E-state index in [1.54, 1.807) is 18.2 Å². The van der Waals surface area contributed by atoms with Crippen LogP contribution >= 0.6 is 0 Å². The Hall–Kier alpha value is -2.60. The van der Waals surface area contributed by atoms with Crippen molar-refractivity contribution in [3.8, 4) is 0 Å². The highest BCUT2D eigenvalue weighted by molar-refractivity contribution is 5.95. The smallest absolute Gasteiger partial charge is 0.335 e. The second-order valence-corrected chi connectivity index (χ2v) is 6.40. The fraction of sp³-hybridized carbons (Fsp3) is 0.368. The first-order valence-electron chi connectivity index (χ1n) is 8.35. The van der Waals surface area contributed by atoms with E-state index < -0.39 is 5.97 Å². The molecule has 1 amide bonds. The highest BCUT2D eigenvalue weighted by Crippen LogP contribution is 2.18. The fourth-order valence-corrected chi connectivity index (χ4v) is 3.13. The van der Waals surface area contributed by atoms with Gasteiger partial charge in [0, 0.05) is 32.7 Å². The quantitative estimate of drug-likeness (QED) is 0.924. The third-order valence-corrected chi connectivity index (χ3v) is 4.54. The summed E-state index contributed by atoms with van der Waals surface area (Å²) in [4.78, 5) is 27.6. The number of carboxylic acid groups (broad SMARTS) is 1. The number of carbonyl (C=O) groups is 2. The fourth-order valence-electron chi connectivity index (χ4n) is 3.13. The van der Waals surface area contributed by atoms with E-state index in [-0.39, 0.29) is 5.91 Å². The van der Waals surface area contributed by atoms with Crippen LogP contribution in [-0.2, 0) is 6.54 Å². The van der Waals surface area contributed by atoms with Crippen molar-refractivity contribution in [2.45, 2.75) is 20.4 Å². The molecule has 2 heterocycles. The second kappa shape index (κ2) is 7.11. The number of carboxylic acids is 1. The number of carbonyl (C=O) groups excluding carboxylic acids is 1. The van der Waals surface area contributed by atoms with Gasteiger partial charge in [0.2, 0.25) is 0 Å². The Kier molecular flexibility index (Phi) is 4.90. The van der Waals surface area contributed by atoms with E-state index in [1.807, 2.05) is 30.9 Å². The number of rotatable bonds is 4. The van der Waals surface area contributed by atoms with E-state index in [1.165, 1.54) is 0 Å². The third kappa shape index (κ3) is 3.91. The highest BCUT2D eigenvalue weighted by atomic mass is 16.4. The van der Waals surface area contributed by atoms with Crippen LogP contribution in [0.5, 0.6) is 0 Å². The molecule has 0 atom stereocenters. The maximum atomic E-state index is 12.6. The highest BCUT2D eigenvalue weighted by Gasteiger charge is 2.24. The monoisotopic (exact) mass is 342 g/mol. The summed E-state index contributed by atoms with van der Waals surface area (Å²) in [5.41, 5.74) is 2.02. The lowest BCUT2D eigenvalue weighted by Crippen LogP contribution is -2.48. The van der Waals surface area contributed by atoms with Crippen LogP contribution in [0.25, 0.3) is 0 Å². The van der Waals surface area contributed by atoms with Crippen molar-refractivity contribution in [3.05, 3.63) is 58.5 Å². The summed E-state index contributed by atoms with van der Waals surface area (Å²) in [7, 11) is 0. The van der Waals surface area contributed by atoms with Gasteiger partial charge in [-0.05, 0) is 37.6 Å². The molecule has 1 aliphatic rings. The lowest BCUT2D eigenvalue weighted by molar-refractivity contribution is 0.0626. The van der Waals surface area contributed by atoms with Gasteiger partial charge in [-0.2, -0.15) is 0 Å². The topological polar surface area (TPSA) is 74.0 Å². The number of hydrogen-bond acceptors (Lipinski definition) is 4. The van der Waals surface area contributed by atoms with Crippen molar-refractivity contribution in [1.82, 2.24) is 9.80 Å². The maximum Gasteiger partial charge on any atom is 0.335 e. The van der Waals surface area contributed by atoms with Gasteiger partial charge in [0.25, 0.3) is 5.91 Å². The van der Waals surface area contributed by atoms with Crippen molar-refractivity contribution in [2.75, 3.05) is 26.2 Å². The van der Waals surface area contributed by atoms with Crippen molar-refractivity contribution in [2.24, 2.45) is 0 Å². The SMILES string of the molecule is Cc1cc(C(=O)N2CCN(Cc3ccc(C(=O)O)cc3)CC2)c(C)o1. The Balaban J connectivity index is 1.55. The van der Waals surface area contributed by atoms with Gasteiger partial charge in [-0.1, -0.05) is 12.1 Å². The van der Waals surface area contributed by atoms with E-state index in [0.29, 0.717) is 30.0 Å². The molecule has 0 saturated carbocycles. The van der Waals surface area contributed by atoms with Crippen LogP contribution in [0.4, 0.5) is 0 Å². The number of benzene rings is 1. The maximum absolute atomic E-state index is 12.6. The molecule has 0 aliphatic carbocycles.